The van der Waals surface area contributed by atoms with Crippen molar-refractivity contribution in [3.05, 3.63) is 172 Å². The second-order valence-corrected chi connectivity index (χ2v) is 31.6. The Labute approximate surface area is 533 Å². The molecular formula is C55H50BBr3Cl2N14O6S4. The number of imidazole rings is 2. The summed E-state index contributed by atoms with van der Waals surface area (Å²) in [6.45, 7) is 8.85. The molecule has 8 heterocycles. The van der Waals surface area contributed by atoms with Crippen molar-refractivity contribution >= 4 is 150 Å². The van der Waals surface area contributed by atoms with Crippen molar-refractivity contribution in [2.75, 3.05) is 43.9 Å². The number of aliphatic hydroxyl groups is 1. The summed E-state index contributed by atoms with van der Waals surface area (Å²) >= 11 is 24.2. The van der Waals surface area contributed by atoms with Gasteiger partial charge in [0.05, 0.1) is 39.1 Å². The molecule has 20 nitrogen and oxygen atoms in total. The lowest BCUT2D eigenvalue weighted by Gasteiger charge is -2.32. The van der Waals surface area contributed by atoms with Crippen molar-refractivity contribution in [3.63, 3.8) is 0 Å². The molecule has 30 heteroatoms. The second-order valence-electron chi connectivity index (χ2n) is 18.7. The van der Waals surface area contributed by atoms with Gasteiger partial charge in [-0.1, -0.05) is 53.5 Å². The van der Waals surface area contributed by atoms with Crippen LogP contribution in [0.25, 0.3) is 60.1 Å². The van der Waals surface area contributed by atoms with Crippen LogP contribution in [0.5, 0.6) is 0 Å². The van der Waals surface area contributed by atoms with Crippen LogP contribution in [0.1, 0.15) is 36.0 Å². The van der Waals surface area contributed by atoms with Crippen LogP contribution in [0.3, 0.4) is 0 Å². The van der Waals surface area contributed by atoms with Gasteiger partial charge < -0.3 is 21.5 Å². The van der Waals surface area contributed by atoms with Gasteiger partial charge in [0.1, 0.15) is 11.4 Å². The third-order valence-corrected chi connectivity index (χ3v) is 19.1. The number of thiazole rings is 2. The molecule has 0 radical (unpaired) electrons. The van der Waals surface area contributed by atoms with E-state index in [1.54, 1.807) is 67.0 Å². The number of fused-ring (bicyclic) bond motifs is 2. The maximum Gasteiger partial charge on any atom is 0.369 e. The first-order valence-corrected chi connectivity index (χ1v) is 34.0. The smallest absolute Gasteiger partial charge is 0.369 e. The summed E-state index contributed by atoms with van der Waals surface area (Å²) in [5.41, 5.74) is 12.3. The Kier molecular flexibility index (Phi) is 21.3. The Morgan fingerprint density at radius 1 is 0.671 bits per heavy atom. The summed E-state index contributed by atoms with van der Waals surface area (Å²) in [6, 6.07) is 30.1. The van der Waals surface area contributed by atoms with Crippen molar-refractivity contribution in [1.82, 2.24) is 47.3 Å². The lowest BCUT2D eigenvalue weighted by atomic mass is 10.0. The highest BCUT2D eigenvalue weighted by atomic mass is 79.9. The molecule has 0 unspecified atom stereocenters. The molecule has 1 amide bonds. The molecular weight excluding hydrogens is 1400 g/mol. The predicted molar refractivity (Wildman–Crippen MR) is 348 cm³/mol. The lowest BCUT2D eigenvalue weighted by Crippen LogP contribution is -2.45. The van der Waals surface area contributed by atoms with E-state index in [9.17, 15) is 21.6 Å². The number of amides is 1. The Balaban J connectivity index is 0.000000187. The number of piperidine rings is 2. The summed E-state index contributed by atoms with van der Waals surface area (Å²) in [6.07, 6.45) is 10.2. The fraction of sp³-hybridized carbons (Fsp3) is 0.200. The molecule has 4 aromatic carbocycles. The number of aromatic nitrogens is 8. The van der Waals surface area contributed by atoms with Gasteiger partial charge in [-0.25, -0.2) is 51.6 Å². The maximum atomic E-state index is 13.2. The topological polar surface area (TPSA) is 253 Å². The van der Waals surface area contributed by atoms with E-state index < -0.39 is 26.0 Å². The van der Waals surface area contributed by atoms with Gasteiger partial charge in [-0.2, -0.15) is 8.61 Å². The summed E-state index contributed by atoms with van der Waals surface area (Å²) in [4.78, 5) is 45.4. The van der Waals surface area contributed by atoms with Crippen molar-refractivity contribution in [3.8, 4) is 45.3 Å². The summed E-state index contributed by atoms with van der Waals surface area (Å²) in [5.74, 6) is 0.280. The minimum absolute atomic E-state index is 0.155. The number of nitrogens with two attached hydrogens (primary N) is 1. The van der Waals surface area contributed by atoms with E-state index in [4.69, 9.17) is 60.6 Å². The summed E-state index contributed by atoms with van der Waals surface area (Å²) in [5, 5.41) is 18.6. The maximum absolute atomic E-state index is 13.2. The van der Waals surface area contributed by atoms with Gasteiger partial charge in [-0.15, -0.1) is 69.9 Å². The Morgan fingerprint density at radius 2 is 1.11 bits per heavy atom. The third kappa shape index (κ3) is 15.1. The number of carbonyl (C=O) groups excluding carboxylic acids is 1. The number of halogens is 5. The van der Waals surface area contributed by atoms with Gasteiger partial charge >= 0.3 is 3.18 Å². The highest BCUT2D eigenvalue weighted by Gasteiger charge is 2.33. The fourth-order valence-electron chi connectivity index (χ4n) is 9.56. The number of carbonyl (C=O) groups is 1. The number of nitrogens with zero attached hydrogens (tertiary/aromatic N) is 11. The number of hydrogen-bond acceptors (Lipinski definition) is 16. The van der Waals surface area contributed by atoms with Gasteiger partial charge in [0.25, 0.3) is 0 Å². The average Bonchev–Trinajstić information content (AvgIpc) is 4.08. The van der Waals surface area contributed by atoms with Crippen molar-refractivity contribution in [1.29, 1.82) is 0 Å². The number of anilines is 2. The van der Waals surface area contributed by atoms with E-state index in [0.717, 1.165) is 58.1 Å². The lowest BCUT2D eigenvalue weighted by molar-refractivity contribution is 0.1000. The molecule has 10 aromatic rings. The molecule has 0 spiro atoms. The molecule has 2 aliphatic heterocycles. The molecule has 2 aliphatic rings. The minimum atomic E-state index is -3.66. The van der Waals surface area contributed by atoms with E-state index >= 15 is 0 Å². The number of benzene rings is 4. The Bertz CT molecular complexity index is 4250. The fourth-order valence-corrected chi connectivity index (χ4v) is 14.3. The van der Waals surface area contributed by atoms with Crippen LogP contribution in [-0.2, 0) is 20.0 Å². The normalized spacial score (nSPS) is 15.5. The van der Waals surface area contributed by atoms with Gasteiger partial charge in [0.15, 0.2) is 15.6 Å². The van der Waals surface area contributed by atoms with E-state index in [1.807, 2.05) is 62.3 Å². The molecule has 0 saturated carbocycles. The first-order valence-electron chi connectivity index (χ1n) is 25.8. The number of sulfonamides is 2. The third-order valence-electron chi connectivity index (χ3n) is 13.3. The van der Waals surface area contributed by atoms with Crippen LogP contribution in [-0.4, -0.2) is 124 Å². The number of rotatable bonds is 13. The van der Waals surface area contributed by atoms with E-state index in [1.165, 1.54) is 55.5 Å². The molecule has 6 aromatic heterocycles. The predicted octanol–water partition coefficient (Wildman–Crippen LogP) is 12.3. The molecule has 2 atom stereocenters. The van der Waals surface area contributed by atoms with Gasteiger partial charge in [-0.3, -0.25) is 13.6 Å². The van der Waals surface area contributed by atoms with Crippen molar-refractivity contribution < 1.29 is 26.7 Å². The molecule has 0 bridgehead atoms. The van der Waals surface area contributed by atoms with Crippen molar-refractivity contribution in [2.45, 2.75) is 47.6 Å². The molecule has 12 rings (SSSR count). The average molecular weight is 1450 g/mol. The zero-order valence-corrected chi connectivity index (χ0v) is 54.3. The molecule has 5 N–H and O–H groups in total. The van der Waals surface area contributed by atoms with Crippen LogP contribution in [0.15, 0.2) is 155 Å². The largest absolute Gasteiger partial charge is 0.400 e. The van der Waals surface area contributed by atoms with Gasteiger partial charge in [0, 0.05) is 102 Å². The van der Waals surface area contributed by atoms with Crippen LogP contribution >= 0.6 is 93.1 Å². The monoisotopic (exact) mass is 1450 g/mol. The zero-order valence-electron chi connectivity index (χ0n) is 44.8. The summed E-state index contributed by atoms with van der Waals surface area (Å²) in [7, 11) is -6.31. The molecule has 85 heavy (non-hydrogen) atoms. The van der Waals surface area contributed by atoms with Crippen LogP contribution in [0.4, 0.5) is 17.6 Å². The molecule has 438 valence electrons. The molecule has 0 aliphatic carbocycles. The van der Waals surface area contributed by atoms with Gasteiger partial charge in [-0.05, 0) is 110 Å². The number of hydrogen-bond donors (Lipinski definition) is 4. The Hall–Kier alpha value is -6.20. The van der Waals surface area contributed by atoms with Crippen LogP contribution in [0.2, 0.25) is 10.0 Å². The standard InChI is InChI=1S/C27H24ClN7O3S2.C27H22ClN7O2S2.CH4O.BBr3/c28-19-6-8-21(9-7-19)40(37,38)34-12-2-5-20(16-34)31-26-30-11-10-22(32-26)24-23(33-27-35(24)13-14-39-27)17-3-1-4-18(15-17)25(29)36;1-29-20-5-2-4-18(16-20)24-25(35-14-15-38-27(35)33-24)23-11-12-30-26(32-23)31-21-6-3-13-34(17-21)39(36,37)22-9-7-19(28)8-10-22;1-2;2-1(3)4/h1,3-4,6-11,13-15,20H,2,5,12,16H2,(H2,29,36)(H,30,31,32);2,4-5,7-12,14-16,21H,3,6,13,17H2,(H,30,31,32);2H,1H3;/t20-;21-;;/m11../s1. The first-order chi connectivity index (χ1) is 40.9. The first kappa shape index (κ1) is 63.3. The van der Waals surface area contributed by atoms with Crippen molar-refractivity contribution in [2.24, 2.45) is 5.73 Å². The van der Waals surface area contributed by atoms with E-state index in [2.05, 4.69) is 72.7 Å². The molecule has 2 saturated heterocycles. The minimum Gasteiger partial charge on any atom is -0.400 e. The second kappa shape index (κ2) is 28.5. The van der Waals surface area contributed by atoms with Gasteiger partial charge in [0.2, 0.25) is 37.9 Å². The van der Waals surface area contributed by atoms with Crippen LogP contribution in [0, 0.1) is 6.57 Å². The van der Waals surface area contributed by atoms with Crippen LogP contribution < -0.4 is 16.4 Å². The van der Waals surface area contributed by atoms with E-state index in [-0.39, 0.29) is 31.6 Å². The number of nitrogens with one attached hydrogen (secondary N) is 2. The molecule has 2 fully saturated rings. The SMILES string of the molecule is BrB(Br)Br.CO.NC(=O)c1cccc(-c2nc3sccn3c2-c2ccnc(N[C@@H]3CCCN(S(=O)(=O)c4ccc(Cl)cc4)C3)n2)c1.[C-]#[N+]c1cccc(-c2nc3sccn3c2-c2ccnc(N[C@@H]3CCCN(S(=O)(=O)c4ccc(Cl)cc4)C3)n2)c1. The number of primary amides is 1. The number of aliphatic hydroxyl groups excluding tert-OH is 1. The highest BCUT2D eigenvalue weighted by molar-refractivity contribution is 9.69. The van der Waals surface area contributed by atoms with E-state index in [0.29, 0.717) is 82.8 Å². The summed E-state index contributed by atoms with van der Waals surface area (Å²) < 4.78 is 60.1. The Morgan fingerprint density at radius 3 is 1.54 bits per heavy atom. The highest BCUT2D eigenvalue weighted by Crippen LogP contribution is 2.37. The zero-order chi connectivity index (χ0) is 60.4. The quantitative estimate of drug-likeness (QED) is 0.0619.